The molecule has 0 unspecified atom stereocenters. The van der Waals surface area contributed by atoms with E-state index < -0.39 is 17.6 Å². The lowest BCUT2D eigenvalue weighted by atomic mass is 9.96. The number of ether oxygens (including phenoxy) is 1. The maximum atomic E-state index is 14.8. The summed E-state index contributed by atoms with van der Waals surface area (Å²) in [6.45, 7) is 4.40. The number of methoxy groups -OCH3 is 1. The van der Waals surface area contributed by atoms with Crippen molar-refractivity contribution in [3.05, 3.63) is 36.2 Å². The third kappa shape index (κ3) is 4.09. The summed E-state index contributed by atoms with van der Waals surface area (Å²) in [5.74, 6) is -0.319. The van der Waals surface area contributed by atoms with Crippen LogP contribution in [0, 0.1) is 5.82 Å². The van der Waals surface area contributed by atoms with Crippen molar-refractivity contribution in [2.75, 3.05) is 30.8 Å². The summed E-state index contributed by atoms with van der Waals surface area (Å²) >= 11 is 0. The van der Waals surface area contributed by atoms with Crippen LogP contribution in [0.3, 0.4) is 0 Å². The lowest BCUT2D eigenvalue weighted by molar-refractivity contribution is 0.0577. The molecule has 0 saturated carbocycles. The predicted octanol–water partition coefficient (Wildman–Crippen LogP) is 2.31. The van der Waals surface area contributed by atoms with Crippen LogP contribution in [-0.2, 0) is 6.54 Å². The molecule has 3 N–H and O–H groups in total. The predicted molar refractivity (Wildman–Crippen MR) is 122 cm³/mol. The zero-order valence-electron chi connectivity index (χ0n) is 19.1. The molecule has 10 nitrogen and oxygen atoms in total. The quantitative estimate of drug-likeness (QED) is 0.454. The minimum atomic E-state index is -1.10. The Balaban J connectivity index is 1.48. The molecule has 3 aromatic heterocycles. The molecule has 12 heteroatoms. The van der Waals surface area contributed by atoms with Gasteiger partial charge in [0.1, 0.15) is 6.17 Å². The van der Waals surface area contributed by atoms with Crippen LogP contribution >= 0.6 is 0 Å². The molecule has 34 heavy (non-hydrogen) atoms. The van der Waals surface area contributed by atoms with Gasteiger partial charge in [0.25, 0.3) is 0 Å². The summed E-state index contributed by atoms with van der Waals surface area (Å²) in [4.78, 5) is 10.8. The third-order valence-corrected chi connectivity index (χ3v) is 5.88. The van der Waals surface area contributed by atoms with Crippen molar-refractivity contribution in [2.24, 2.45) is 0 Å². The highest BCUT2D eigenvalue weighted by atomic mass is 19.1. The number of hydrogen-bond acceptors (Lipinski definition) is 8. The molecule has 4 heterocycles. The maximum absolute atomic E-state index is 14.8. The minimum absolute atomic E-state index is 0.0526. The van der Waals surface area contributed by atoms with E-state index >= 15 is 0 Å². The zero-order valence-corrected chi connectivity index (χ0v) is 19.1. The molecule has 1 aliphatic heterocycles. The van der Waals surface area contributed by atoms with Gasteiger partial charge < -0.3 is 20.5 Å². The fraction of sp³-hybridized carbons (Fsp3) is 0.455. The highest BCUT2D eigenvalue weighted by molar-refractivity contribution is 5.93. The normalized spacial score (nSPS) is 19.3. The zero-order chi connectivity index (χ0) is 24.2. The van der Waals surface area contributed by atoms with Crippen molar-refractivity contribution < 1.29 is 18.6 Å². The number of fused-ring (bicyclic) bond motifs is 3. The van der Waals surface area contributed by atoms with Gasteiger partial charge in [-0.05, 0) is 26.3 Å². The van der Waals surface area contributed by atoms with Gasteiger partial charge in [-0.25, -0.2) is 18.7 Å². The van der Waals surface area contributed by atoms with Crippen LogP contribution in [0.25, 0.3) is 16.6 Å². The van der Waals surface area contributed by atoms with Gasteiger partial charge in [-0.15, -0.1) is 5.10 Å². The molecule has 1 fully saturated rings. The Labute approximate surface area is 194 Å². The second-order valence-electron chi connectivity index (χ2n) is 9.32. The summed E-state index contributed by atoms with van der Waals surface area (Å²) in [7, 11) is 1.37. The summed E-state index contributed by atoms with van der Waals surface area (Å²) in [6.07, 6.45) is 2.59. The van der Waals surface area contributed by atoms with Gasteiger partial charge in [0.2, 0.25) is 5.95 Å². The van der Waals surface area contributed by atoms with E-state index in [-0.39, 0.29) is 30.6 Å². The number of aliphatic hydroxyl groups is 1. The maximum Gasteiger partial charge on any atom is 0.223 e. The SMILES string of the molecule is COc1cc2nc(N)n3nc([C@@H]4C[C@@H](F)CN(c5cnn(CC(C)(C)O)c5)C4)nc3c2cc1F. The fourth-order valence-corrected chi connectivity index (χ4v) is 4.41. The topological polar surface area (TPSA) is 120 Å². The number of nitrogens with two attached hydrogens (primary N) is 1. The van der Waals surface area contributed by atoms with Crippen LogP contribution in [0.2, 0.25) is 0 Å². The van der Waals surface area contributed by atoms with E-state index in [1.54, 1.807) is 30.9 Å². The average molecular weight is 473 g/mol. The number of rotatable bonds is 5. The second kappa shape index (κ2) is 8.05. The van der Waals surface area contributed by atoms with Crippen LogP contribution in [0.5, 0.6) is 5.75 Å². The Morgan fingerprint density at radius 1 is 1.26 bits per heavy atom. The number of aromatic nitrogens is 6. The molecule has 180 valence electrons. The first-order valence-corrected chi connectivity index (χ1v) is 10.9. The van der Waals surface area contributed by atoms with E-state index in [2.05, 4.69) is 20.2 Å². The lowest BCUT2D eigenvalue weighted by Crippen LogP contribution is -2.41. The monoisotopic (exact) mass is 472 g/mol. The number of alkyl halides is 1. The Kier molecular flexibility index (Phi) is 5.27. The molecule has 0 spiro atoms. The molecule has 0 bridgehead atoms. The van der Waals surface area contributed by atoms with E-state index in [1.165, 1.54) is 23.8 Å². The lowest BCUT2D eigenvalue weighted by Gasteiger charge is -2.34. The number of anilines is 2. The molecular formula is C22H26F2N8O2. The number of benzene rings is 1. The summed E-state index contributed by atoms with van der Waals surface area (Å²) in [5.41, 5.74) is 6.70. The second-order valence-corrected chi connectivity index (χ2v) is 9.32. The molecular weight excluding hydrogens is 446 g/mol. The first kappa shape index (κ1) is 22.3. The molecule has 0 amide bonds. The van der Waals surface area contributed by atoms with Crippen molar-refractivity contribution in [1.82, 2.24) is 29.4 Å². The first-order chi connectivity index (χ1) is 16.1. The Bertz CT molecular complexity index is 1360. The first-order valence-electron chi connectivity index (χ1n) is 10.9. The van der Waals surface area contributed by atoms with Crippen molar-refractivity contribution in [3.63, 3.8) is 0 Å². The molecule has 2 atom stereocenters. The van der Waals surface area contributed by atoms with Gasteiger partial charge in [0.15, 0.2) is 23.0 Å². The van der Waals surface area contributed by atoms with Crippen molar-refractivity contribution in [2.45, 2.75) is 44.5 Å². The van der Waals surface area contributed by atoms with E-state index in [4.69, 9.17) is 10.5 Å². The third-order valence-electron chi connectivity index (χ3n) is 5.88. The number of nitrogens with zero attached hydrogens (tertiary/aromatic N) is 7. The average Bonchev–Trinajstić information content (AvgIpc) is 3.40. The van der Waals surface area contributed by atoms with Crippen molar-refractivity contribution in [1.29, 1.82) is 0 Å². The molecule has 1 aromatic carbocycles. The highest BCUT2D eigenvalue weighted by Crippen LogP contribution is 2.32. The van der Waals surface area contributed by atoms with Crippen LogP contribution in [0.1, 0.15) is 32.0 Å². The largest absolute Gasteiger partial charge is 0.494 e. The number of hydrogen-bond donors (Lipinski definition) is 2. The number of nitrogen functional groups attached to an aromatic ring is 1. The van der Waals surface area contributed by atoms with Crippen LogP contribution in [0.4, 0.5) is 20.4 Å². The molecule has 4 aromatic rings. The highest BCUT2D eigenvalue weighted by Gasteiger charge is 2.32. The van der Waals surface area contributed by atoms with Gasteiger partial charge in [0.05, 0.1) is 36.7 Å². The van der Waals surface area contributed by atoms with Crippen LogP contribution in [-0.4, -0.2) is 66.4 Å². The van der Waals surface area contributed by atoms with Crippen LogP contribution in [0.15, 0.2) is 24.5 Å². The fourth-order valence-electron chi connectivity index (χ4n) is 4.41. The van der Waals surface area contributed by atoms with E-state index in [9.17, 15) is 13.9 Å². The molecule has 5 rings (SSSR count). The summed E-state index contributed by atoms with van der Waals surface area (Å²) in [6, 6.07) is 2.75. The van der Waals surface area contributed by atoms with E-state index in [1.807, 2.05) is 4.90 Å². The van der Waals surface area contributed by atoms with Crippen molar-refractivity contribution >= 4 is 28.2 Å². The smallest absolute Gasteiger partial charge is 0.223 e. The molecule has 0 aliphatic carbocycles. The Hall–Kier alpha value is -3.54. The standard InChI is InChI=1S/C22H26F2N8O2/c1-22(2,33)11-31-10-14(7-26-31)30-8-12(4-13(23)9-30)19-28-20-15-5-16(24)18(34-3)6-17(15)27-21(25)32(20)29-19/h5-7,10,12-13,33H,4,8-9,11H2,1-3H3,(H2,25,27)/t12-,13-/m1/s1. The van der Waals surface area contributed by atoms with Crippen LogP contribution < -0.4 is 15.4 Å². The summed E-state index contributed by atoms with van der Waals surface area (Å²) in [5, 5.41) is 19.3. The van der Waals surface area contributed by atoms with E-state index in [0.29, 0.717) is 35.5 Å². The van der Waals surface area contributed by atoms with Gasteiger partial charge in [-0.1, -0.05) is 0 Å². The molecule has 1 aliphatic rings. The number of piperidine rings is 1. The summed E-state index contributed by atoms with van der Waals surface area (Å²) < 4.78 is 37.2. The van der Waals surface area contributed by atoms with Gasteiger partial charge >= 0.3 is 0 Å². The van der Waals surface area contributed by atoms with E-state index in [0.717, 1.165) is 5.69 Å². The van der Waals surface area contributed by atoms with Crippen molar-refractivity contribution in [3.8, 4) is 5.75 Å². The minimum Gasteiger partial charge on any atom is -0.494 e. The molecule has 1 saturated heterocycles. The van der Waals surface area contributed by atoms with Gasteiger partial charge in [0, 0.05) is 36.7 Å². The number of halogens is 2. The molecule has 0 radical (unpaired) electrons. The van der Waals surface area contributed by atoms with Gasteiger partial charge in [-0.3, -0.25) is 4.68 Å². The Morgan fingerprint density at radius 2 is 2.06 bits per heavy atom. The van der Waals surface area contributed by atoms with Gasteiger partial charge in [-0.2, -0.15) is 9.61 Å². The Morgan fingerprint density at radius 3 is 2.79 bits per heavy atom.